The van der Waals surface area contributed by atoms with E-state index in [1.807, 2.05) is 17.9 Å². The van der Waals surface area contributed by atoms with Crippen molar-refractivity contribution in [2.75, 3.05) is 7.05 Å². The molecule has 3 heteroatoms. The molecule has 0 spiro atoms. The van der Waals surface area contributed by atoms with Gasteiger partial charge in [0.15, 0.2) is 0 Å². The van der Waals surface area contributed by atoms with E-state index in [0.29, 0.717) is 6.04 Å². The molecule has 1 aromatic rings. The fraction of sp³-hybridized carbons (Fsp3) is 0.667. The van der Waals surface area contributed by atoms with Crippen molar-refractivity contribution < 1.29 is 0 Å². The van der Waals surface area contributed by atoms with Crippen molar-refractivity contribution in [1.29, 1.82) is 0 Å². The third kappa shape index (κ3) is 1.50. The molecule has 1 rings (SSSR count). The third-order valence-corrected chi connectivity index (χ3v) is 2.34. The van der Waals surface area contributed by atoms with Crippen molar-refractivity contribution >= 4 is 0 Å². The smallest absolute Gasteiger partial charge is 0.0540 e. The standard InChI is InChI=1S/C9H17N3/c1-5-12-8(3)9(6-11-12)7(2)10-4/h6-7,10H,5H2,1-4H3. The van der Waals surface area contributed by atoms with Crippen LogP contribution in [0.5, 0.6) is 0 Å². The van der Waals surface area contributed by atoms with E-state index in [0.717, 1.165) is 6.54 Å². The predicted octanol–water partition coefficient (Wildman–Crippen LogP) is 1.49. The van der Waals surface area contributed by atoms with Crippen LogP contribution < -0.4 is 5.32 Å². The minimum Gasteiger partial charge on any atom is -0.313 e. The summed E-state index contributed by atoms with van der Waals surface area (Å²) in [6, 6.07) is 0.394. The summed E-state index contributed by atoms with van der Waals surface area (Å²) >= 11 is 0. The second-order valence-electron chi connectivity index (χ2n) is 3.01. The highest BCUT2D eigenvalue weighted by molar-refractivity contribution is 5.19. The summed E-state index contributed by atoms with van der Waals surface area (Å²) in [5, 5.41) is 7.49. The van der Waals surface area contributed by atoms with Gasteiger partial charge >= 0.3 is 0 Å². The molecular formula is C9H17N3. The topological polar surface area (TPSA) is 29.9 Å². The summed E-state index contributed by atoms with van der Waals surface area (Å²) in [6.07, 6.45) is 1.94. The molecule has 0 aliphatic heterocycles. The van der Waals surface area contributed by atoms with Gasteiger partial charge in [-0.2, -0.15) is 5.10 Å². The lowest BCUT2D eigenvalue weighted by Gasteiger charge is -2.09. The first kappa shape index (κ1) is 9.26. The van der Waals surface area contributed by atoms with Crippen molar-refractivity contribution in [1.82, 2.24) is 15.1 Å². The van der Waals surface area contributed by atoms with E-state index in [1.54, 1.807) is 0 Å². The Morgan fingerprint density at radius 1 is 1.67 bits per heavy atom. The van der Waals surface area contributed by atoms with E-state index in [1.165, 1.54) is 11.3 Å². The van der Waals surface area contributed by atoms with E-state index >= 15 is 0 Å². The van der Waals surface area contributed by atoms with E-state index in [-0.39, 0.29) is 0 Å². The Hall–Kier alpha value is -0.830. The Morgan fingerprint density at radius 3 is 2.75 bits per heavy atom. The van der Waals surface area contributed by atoms with Crippen LogP contribution in [0.25, 0.3) is 0 Å². The zero-order valence-electron chi connectivity index (χ0n) is 8.26. The van der Waals surface area contributed by atoms with Crippen molar-refractivity contribution in [3.63, 3.8) is 0 Å². The normalized spacial score (nSPS) is 13.3. The fourth-order valence-corrected chi connectivity index (χ4v) is 1.36. The van der Waals surface area contributed by atoms with Gasteiger partial charge < -0.3 is 5.32 Å². The van der Waals surface area contributed by atoms with Crippen LogP contribution in [0.3, 0.4) is 0 Å². The van der Waals surface area contributed by atoms with Gasteiger partial charge in [-0.1, -0.05) is 0 Å². The van der Waals surface area contributed by atoms with Crippen LogP contribution in [0.2, 0.25) is 0 Å². The molecule has 1 unspecified atom stereocenters. The molecule has 1 atom stereocenters. The molecule has 0 amide bonds. The van der Waals surface area contributed by atoms with Gasteiger partial charge in [0, 0.05) is 23.8 Å². The average molecular weight is 167 g/mol. The van der Waals surface area contributed by atoms with Crippen molar-refractivity contribution in [3.8, 4) is 0 Å². The quantitative estimate of drug-likeness (QED) is 0.739. The van der Waals surface area contributed by atoms with Crippen LogP contribution >= 0.6 is 0 Å². The van der Waals surface area contributed by atoms with Gasteiger partial charge in [0.05, 0.1) is 6.20 Å². The monoisotopic (exact) mass is 167 g/mol. The van der Waals surface area contributed by atoms with Crippen LogP contribution in [-0.4, -0.2) is 16.8 Å². The number of hydrogen-bond donors (Lipinski definition) is 1. The van der Waals surface area contributed by atoms with Gasteiger partial charge in [0.25, 0.3) is 0 Å². The van der Waals surface area contributed by atoms with Crippen LogP contribution in [0, 0.1) is 6.92 Å². The summed E-state index contributed by atoms with van der Waals surface area (Å²) in [5.41, 5.74) is 2.55. The highest BCUT2D eigenvalue weighted by atomic mass is 15.3. The van der Waals surface area contributed by atoms with Gasteiger partial charge in [-0.3, -0.25) is 4.68 Å². The van der Waals surface area contributed by atoms with Crippen LogP contribution in [0.15, 0.2) is 6.20 Å². The van der Waals surface area contributed by atoms with Gasteiger partial charge in [0.2, 0.25) is 0 Å². The highest BCUT2D eigenvalue weighted by Gasteiger charge is 2.09. The van der Waals surface area contributed by atoms with E-state index < -0.39 is 0 Å². The third-order valence-electron chi connectivity index (χ3n) is 2.34. The van der Waals surface area contributed by atoms with Gasteiger partial charge in [-0.05, 0) is 27.8 Å². The van der Waals surface area contributed by atoms with E-state index in [9.17, 15) is 0 Å². The molecule has 0 fully saturated rings. The lowest BCUT2D eigenvalue weighted by molar-refractivity contribution is 0.621. The summed E-state index contributed by atoms with van der Waals surface area (Å²) in [4.78, 5) is 0. The molecule has 12 heavy (non-hydrogen) atoms. The Bertz CT molecular complexity index is 252. The summed E-state index contributed by atoms with van der Waals surface area (Å²) in [5.74, 6) is 0. The molecule has 1 N–H and O–H groups in total. The number of aromatic nitrogens is 2. The first-order chi connectivity index (χ1) is 5.70. The largest absolute Gasteiger partial charge is 0.313 e. The van der Waals surface area contributed by atoms with E-state index in [4.69, 9.17) is 0 Å². The van der Waals surface area contributed by atoms with Gasteiger partial charge in [-0.25, -0.2) is 0 Å². The molecule has 0 radical (unpaired) electrons. The zero-order valence-corrected chi connectivity index (χ0v) is 8.26. The van der Waals surface area contributed by atoms with Crippen molar-refractivity contribution in [2.24, 2.45) is 0 Å². The Balaban J connectivity index is 2.93. The molecule has 3 nitrogen and oxygen atoms in total. The molecule has 1 heterocycles. The lowest BCUT2D eigenvalue weighted by Crippen LogP contribution is -2.13. The molecule has 0 saturated carbocycles. The predicted molar refractivity (Wildman–Crippen MR) is 50.1 cm³/mol. The number of nitrogens with one attached hydrogen (secondary N) is 1. The molecule has 0 bridgehead atoms. The molecule has 1 aromatic heterocycles. The van der Waals surface area contributed by atoms with Crippen molar-refractivity contribution in [2.45, 2.75) is 33.4 Å². The maximum absolute atomic E-state index is 4.28. The van der Waals surface area contributed by atoms with Crippen LogP contribution in [0.4, 0.5) is 0 Å². The number of nitrogens with zero attached hydrogens (tertiary/aromatic N) is 2. The molecule has 0 aliphatic rings. The minimum absolute atomic E-state index is 0.394. The Labute approximate surface area is 73.8 Å². The molecule has 0 saturated heterocycles. The number of rotatable bonds is 3. The maximum atomic E-state index is 4.28. The second kappa shape index (κ2) is 3.72. The summed E-state index contributed by atoms with van der Waals surface area (Å²) < 4.78 is 2.02. The molecule has 0 aromatic carbocycles. The number of hydrogen-bond acceptors (Lipinski definition) is 2. The maximum Gasteiger partial charge on any atom is 0.0540 e. The summed E-state index contributed by atoms with van der Waals surface area (Å²) in [7, 11) is 1.97. The first-order valence-electron chi connectivity index (χ1n) is 4.40. The summed E-state index contributed by atoms with van der Waals surface area (Å²) in [6.45, 7) is 7.31. The van der Waals surface area contributed by atoms with E-state index in [2.05, 4.69) is 31.2 Å². The fourth-order valence-electron chi connectivity index (χ4n) is 1.36. The number of aryl methyl sites for hydroxylation is 1. The average Bonchev–Trinajstić information content (AvgIpc) is 2.45. The lowest BCUT2D eigenvalue weighted by atomic mass is 10.1. The minimum atomic E-state index is 0.394. The highest BCUT2D eigenvalue weighted by Crippen LogP contribution is 2.15. The van der Waals surface area contributed by atoms with Gasteiger partial charge in [-0.15, -0.1) is 0 Å². The Kier molecular flexibility index (Phi) is 2.87. The zero-order chi connectivity index (χ0) is 9.14. The molecular weight excluding hydrogens is 150 g/mol. The van der Waals surface area contributed by atoms with Gasteiger partial charge in [0.1, 0.15) is 0 Å². The van der Waals surface area contributed by atoms with Crippen molar-refractivity contribution in [3.05, 3.63) is 17.5 Å². The Morgan fingerprint density at radius 2 is 2.33 bits per heavy atom. The molecule has 0 aliphatic carbocycles. The first-order valence-corrected chi connectivity index (χ1v) is 4.40. The van der Waals surface area contributed by atoms with Crippen LogP contribution in [0.1, 0.15) is 31.1 Å². The van der Waals surface area contributed by atoms with Crippen LogP contribution in [-0.2, 0) is 6.54 Å². The SMILES string of the molecule is CCn1ncc(C(C)NC)c1C. The molecule has 68 valence electrons. The second-order valence-corrected chi connectivity index (χ2v) is 3.01.